The van der Waals surface area contributed by atoms with Crippen molar-refractivity contribution in [3.63, 3.8) is 0 Å². The van der Waals surface area contributed by atoms with E-state index in [2.05, 4.69) is 26.6 Å². The third-order valence-electron chi connectivity index (χ3n) is 5.84. The van der Waals surface area contributed by atoms with E-state index in [1.807, 2.05) is 12.1 Å². The number of urea groups is 1. The van der Waals surface area contributed by atoms with E-state index in [-0.39, 0.29) is 18.2 Å². The Hall–Kier alpha value is -1.56. The fourth-order valence-electron chi connectivity index (χ4n) is 5.40. The normalized spacial score (nSPS) is 32.3. The van der Waals surface area contributed by atoms with Crippen molar-refractivity contribution in [2.45, 2.75) is 44.1 Å². The summed E-state index contributed by atoms with van der Waals surface area (Å²) in [4.78, 5) is 24.3. The number of hydrogen-bond acceptors (Lipinski definition) is 3. The number of amides is 3. The highest BCUT2D eigenvalue weighted by Crippen LogP contribution is 2.55. The van der Waals surface area contributed by atoms with Gasteiger partial charge in [0.05, 0.1) is 0 Å². The summed E-state index contributed by atoms with van der Waals surface area (Å²) in [5.74, 6) is 2.42. The maximum absolute atomic E-state index is 12.3. The number of carbonyl (C=O) groups is 2. The molecule has 0 atom stereocenters. The van der Waals surface area contributed by atoms with Crippen molar-refractivity contribution in [3.8, 4) is 5.75 Å². The molecule has 0 aliphatic heterocycles. The second kappa shape index (κ2) is 6.63. The molecule has 25 heavy (non-hydrogen) atoms. The van der Waals surface area contributed by atoms with E-state index in [1.54, 1.807) is 12.1 Å². The van der Waals surface area contributed by atoms with E-state index >= 15 is 0 Å². The van der Waals surface area contributed by atoms with E-state index in [9.17, 15) is 9.59 Å². The Kier molecular flexibility index (Phi) is 4.48. The van der Waals surface area contributed by atoms with Crippen LogP contribution >= 0.6 is 15.9 Å². The fourth-order valence-corrected chi connectivity index (χ4v) is 5.78. The third-order valence-corrected chi connectivity index (χ3v) is 6.33. The van der Waals surface area contributed by atoms with Crippen LogP contribution in [0.5, 0.6) is 5.75 Å². The molecule has 0 heterocycles. The summed E-state index contributed by atoms with van der Waals surface area (Å²) in [6, 6.07) is 6.88. The largest absolute Gasteiger partial charge is 0.484 e. The molecule has 0 spiro atoms. The summed E-state index contributed by atoms with van der Waals surface area (Å²) in [7, 11) is 0. The van der Waals surface area contributed by atoms with Gasteiger partial charge in [0.25, 0.3) is 5.91 Å². The number of carbonyl (C=O) groups excluding carboxylic acids is 2. The van der Waals surface area contributed by atoms with Gasteiger partial charge >= 0.3 is 6.03 Å². The standard InChI is InChI=1S/C19H23BrN2O3/c20-15-2-1-3-16(7-15)25-11-17(23)21-18(24)22-19-8-12-4-13(9-19)6-14(5-12)10-19/h1-3,7,12-14H,4-6,8-11H2,(H2,21,22,23,24). The minimum Gasteiger partial charge on any atom is -0.484 e. The zero-order valence-corrected chi connectivity index (χ0v) is 15.7. The van der Waals surface area contributed by atoms with Gasteiger partial charge in [-0.25, -0.2) is 4.79 Å². The Morgan fingerprint density at radius 1 is 1.12 bits per heavy atom. The molecule has 1 aromatic rings. The number of benzene rings is 1. The van der Waals surface area contributed by atoms with E-state index in [0.717, 1.165) is 41.5 Å². The molecule has 0 unspecified atom stereocenters. The highest BCUT2D eigenvalue weighted by atomic mass is 79.9. The summed E-state index contributed by atoms with van der Waals surface area (Å²) in [5, 5.41) is 5.54. The van der Waals surface area contributed by atoms with Gasteiger partial charge in [0.2, 0.25) is 0 Å². The molecule has 134 valence electrons. The van der Waals surface area contributed by atoms with E-state index < -0.39 is 5.91 Å². The second-order valence-electron chi connectivity index (χ2n) is 7.95. The van der Waals surface area contributed by atoms with Crippen molar-refractivity contribution in [1.82, 2.24) is 10.6 Å². The van der Waals surface area contributed by atoms with Gasteiger partial charge in [-0.05, 0) is 74.5 Å². The lowest BCUT2D eigenvalue weighted by molar-refractivity contribution is -0.122. The van der Waals surface area contributed by atoms with Crippen molar-refractivity contribution in [2.75, 3.05) is 6.61 Å². The van der Waals surface area contributed by atoms with Crippen molar-refractivity contribution in [2.24, 2.45) is 17.8 Å². The van der Waals surface area contributed by atoms with Gasteiger partial charge < -0.3 is 10.1 Å². The molecular weight excluding hydrogens is 384 g/mol. The predicted octanol–water partition coefficient (Wildman–Crippen LogP) is 3.62. The molecule has 2 N–H and O–H groups in total. The zero-order chi connectivity index (χ0) is 17.4. The first-order valence-corrected chi connectivity index (χ1v) is 9.79. The minimum atomic E-state index is -0.429. The highest BCUT2D eigenvalue weighted by Gasteiger charge is 2.51. The Morgan fingerprint density at radius 3 is 2.36 bits per heavy atom. The van der Waals surface area contributed by atoms with Gasteiger partial charge in [-0.2, -0.15) is 0 Å². The van der Waals surface area contributed by atoms with Crippen molar-refractivity contribution in [1.29, 1.82) is 0 Å². The first kappa shape index (κ1) is 16.9. The number of ether oxygens (including phenoxy) is 1. The van der Waals surface area contributed by atoms with E-state index in [4.69, 9.17) is 4.74 Å². The topological polar surface area (TPSA) is 67.4 Å². The summed E-state index contributed by atoms with van der Waals surface area (Å²) >= 11 is 3.35. The molecule has 3 amide bonds. The molecule has 6 heteroatoms. The first-order chi connectivity index (χ1) is 12.0. The van der Waals surface area contributed by atoms with Crippen LogP contribution < -0.4 is 15.4 Å². The second-order valence-corrected chi connectivity index (χ2v) is 8.86. The number of rotatable bonds is 4. The molecule has 4 saturated carbocycles. The Morgan fingerprint density at radius 2 is 1.76 bits per heavy atom. The number of halogens is 1. The predicted molar refractivity (Wildman–Crippen MR) is 97.2 cm³/mol. The summed E-state index contributed by atoms with van der Waals surface area (Å²) in [6.07, 6.45) is 7.16. The Balaban J connectivity index is 1.28. The lowest BCUT2D eigenvalue weighted by Gasteiger charge is -2.56. The van der Waals surface area contributed by atoms with Crippen LogP contribution in [0.25, 0.3) is 0 Å². The van der Waals surface area contributed by atoms with E-state index in [0.29, 0.717) is 5.75 Å². The number of hydrogen-bond donors (Lipinski definition) is 2. The average molecular weight is 407 g/mol. The van der Waals surface area contributed by atoms with Gasteiger partial charge in [0.1, 0.15) is 5.75 Å². The molecule has 0 radical (unpaired) electrons. The molecular formula is C19H23BrN2O3. The van der Waals surface area contributed by atoms with Crippen LogP contribution in [0.1, 0.15) is 38.5 Å². The molecule has 5 nitrogen and oxygen atoms in total. The number of nitrogens with one attached hydrogen (secondary N) is 2. The first-order valence-electron chi connectivity index (χ1n) is 9.00. The molecule has 0 aromatic heterocycles. The van der Waals surface area contributed by atoms with Crippen LogP contribution in [0.15, 0.2) is 28.7 Å². The van der Waals surface area contributed by atoms with Gasteiger partial charge in [-0.3, -0.25) is 10.1 Å². The Bertz CT molecular complexity index is 656. The van der Waals surface area contributed by atoms with Crippen molar-refractivity contribution >= 4 is 27.9 Å². The lowest BCUT2D eigenvalue weighted by Crippen LogP contribution is -2.62. The Labute approximate surface area is 156 Å². The molecule has 5 rings (SSSR count). The third kappa shape index (κ3) is 3.84. The molecule has 4 aliphatic rings. The molecule has 4 aliphatic carbocycles. The van der Waals surface area contributed by atoms with Crippen LogP contribution in [0.2, 0.25) is 0 Å². The monoisotopic (exact) mass is 406 g/mol. The summed E-state index contributed by atoms with van der Waals surface area (Å²) in [6.45, 7) is -0.176. The van der Waals surface area contributed by atoms with Crippen LogP contribution in [0.3, 0.4) is 0 Å². The smallest absolute Gasteiger partial charge is 0.321 e. The van der Waals surface area contributed by atoms with Crippen LogP contribution in [-0.2, 0) is 4.79 Å². The molecule has 4 bridgehead atoms. The van der Waals surface area contributed by atoms with Crippen LogP contribution in [-0.4, -0.2) is 24.1 Å². The maximum Gasteiger partial charge on any atom is 0.321 e. The fraction of sp³-hybridized carbons (Fsp3) is 0.579. The molecule has 4 fully saturated rings. The van der Waals surface area contributed by atoms with Crippen LogP contribution in [0.4, 0.5) is 4.79 Å². The van der Waals surface area contributed by atoms with Gasteiger partial charge in [-0.1, -0.05) is 22.0 Å². The highest BCUT2D eigenvalue weighted by molar-refractivity contribution is 9.10. The molecule has 0 saturated heterocycles. The van der Waals surface area contributed by atoms with Gasteiger partial charge in [-0.15, -0.1) is 0 Å². The van der Waals surface area contributed by atoms with Crippen molar-refractivity contribution in [3.05, 3.63) is 28.7 Å². The molecule has 1 aromatic carbocycles. The zero-order valence-electron chi connectivity index (χ0n) is 14.1. The quantitative estimate of drug-likeness (QED) is 0.801. The van der Waals surface area contributed by atoms with Crippen molar-refractivity contribution < 1.29 is 14.3 Å². The maximum atomic E-state index is 12.3. The summed E-state index contributed by atoms with van der Waals surface area (Å²) in [5.41, 5.74) is -0.0930. The lowest BCUT2D eigenvalue weighted by atomic mass is 9.53. The number of imide groups is 1. The van der Waals surface area contributed by atoms with Crippen LogP contribution in [0, 0.1) is 17.8 Å². The SMILES string of the molecule is O=C(COc1cccc(Br)c1)NC(=O)NC12CC3CC(CC(C3)C1)C2. The van der Waals surface area contributed by atoms with E-state index in [1.165, 1.54) is 19.3 Å². The van der Waals surface area contributed by atoms with Gasteiger partial charge in [0, 0.05) is 10.0 Å². The summed E-state index contributed by atoms with van der Waals surface area (Å²) < 4.78 is 6.30. The minimum absolute atomic E-state index is 0.0930. The average Bonchev–Trinajstić information content (AvgIpc) is 2.51. The van der Waals surface area contributed by atoms with Gasteiger partial charge in [0.15, 0.2) is 6.61 Å².